The van der Waals surface area contributed by atoms with Gasteiger partial charge >= 0.3 is 0 Å². The molecule has 0 bridgehead atoms. The highest BCUT2D eigenvalue weighted by Gasteiger charge is 2.23. The number of hydrogen-bond acceptors (Lipinski definition) is 5. The Hall–Kier alpha value is -0.940. The van der Waals surface area contributed by atoms with Gasteiger partial charge in [-0.2, -0.15) is 4.98 Å². The van der Waals surface area contributed by atoms with Gasteiger partial charge in [0.25, 0.3) is 5.89 Å². The third-order valence-electron chi connectivity index (χ3n) is 2.84. The van der Waals surface area contributed by atoms with Crippen molar-refractivity contribution < 1.29 is 9.26 Å². The Morgan fingerprint density at radius 1 is 1.50 bits per heavy atom. The van der Waals surface area contributed by atoms with E-state index in [1.165, 1.54) is 0 Å². The average molecular weight is 225 g/mol. The Labute approximate surface area is 95.3 Å². The maximum atomic E-state index is 5.92. The van der Waals surface area contributed by atoms with E-state index in [1.54, 1.807) is 0 Å². The van der Waals surface area contributed by atoms with Crippen molar-refractivity contribution >= 4 is 0 Å². The van der Waals surface area contributed by atoms with Crippen LogP contribution in [0.5, 0.6) is 0 Å². The SMILES string of the molecule is CCCC(N)c1noc(C2CCCCO2)n1. The Kier molecular flexibility index (Phi) is 3.90. The molecule has 1 saturated heterocycles. The summed E-state index contributed by atoms with van der Waals surface area (Å²) in [6.07, 6.45) is 5.11. The van der Waals surface area contributed by atoms with Crippen LogP contribution in [0.15, 0.2) is 4.52 Å². The number of rotatable bonds is 4. The fourth-order valence-corrected chi connectivity index (χ4v) is 1.90. The molecule has 1 aliphatic rings. The normalized spacial score (nSPS) is 23.2. The average Bonchev–Trinajstić information content (AvgIpc) is 2.80. The standard InChI is InChI=1S/C11H19N3O2/c1-2-5-8(12)10-13-11(16-14-10)9-6-3-4-7-15-9/h8-9H,2-7,12H2,1H3. The second kappa shape index (κ2) is 5.41. The second-order valence-electron chi connectivity index (χ2n) is 4.24. The zero-order chi connectivity index (χ0) is 11.4. The van der Waals surface area contributed by atoms with E-state index >= 15 is 0 Å². The van der Waals surface area contributed by atoms with E-state index in [1.807, 2.05) is 0 Å². The molecule has 16 heavy (non-hydrogen) atoms. The summed E-state index contributed by atoms with van der Waals surface area (Å²) in [6, 6.07) is -0.119. The van der Waals surface area contributed by atoms with Gasteiger partial charge < -0.3 is 15.0 Å². The minimum Gasteiger partial charge on any atom is -0.368 e. The van der Waals surface area contributed by atoms with E-state index in [9.17, 15) is 0 Å². The molecule has 0 radical (unpaired) electrons. The van der Waals surface area contributed by atoms with Crippen LogP contribution < -0.4 is 5.73 Å². The summed E-state index contributed by atoms with van der Waals surface area (Å²) < 4.78 is 10.8. The van der Waals surface area contributed by atoms with E-state index in [2.05, 4.69) is 17.1 Å². The summed E-state index contributed by atoms with van der Waals surface area (Å²) in [5, 5.41) is 3.92. The Morgan fingerprint density at radius 2 is 2.38 bits per heavy atom. The third-order valence-corrected chi connectivity index (χ3v) is 2.84. The fraction of sp³-hybridized carbons (Fsp3) is 0.818. The minimum atomic E-state index is -0.119. The van der Waals surface area contributed by atoms with Crippen molar-refractivity contribution in [2.24, 2.45) is 5.73 Å². The number of nitrogens with two attached hydrogens (primary N) is 1. The predicted molar refractivity (Wildman–Crippen MR) is 58.7 cm³/mol. The van der Waals surface area contributed by atoms with E-state index in [-0.39, 0.29) is 12.1 Å². The van der Waals surface area contributed by atoms with Gasteiger partial charge in [-0.15, -0.1) is 0 Å². The van der Waals surface area contributed by atoms with Crippen LogP contribution in [0.1, 0.15) is 62.9 Å². The molecule has 1 aromatic rings. The maximum Gasteiger partial charge on any atom is 0.255 e. The Balaban J connectivity index is 2.00. The van der Waals surface area contributed by atoms with Crippen molar-refractivity contribution in [3.63, 3.8) is 0 Å². The number of aromatic nitrogens is 2. The molecule has 0 saturated carbocycles. The molecule has 2 atom stereocenters. The van der Waals surface area contributed by atoms with Crippen LogP contribution in [0.3, 0.4) is 0 Å². The molecular formula is C11H19N3O2. The second-order valence-corrected chi connectivity index (χ2v) is 4.24. The van der Waals surface area contributed by atoms with Gasteiger partial charge in [-0.1, -0.05) is 18.5 Å². The number of ether oxygens (including phenoxy) is 1. The lowest BCUT2D eigenvalue weighted by molar-refractivity contribution is -0.00459. The zero-order valence-corrected chi connectivity index (χ0v) is 9.69. The van der Waals surface area contributed by atoms with Crippen LogP contribution in [0.25, 0.3) is 0 Å². The first-order valence-electron chi connectivity index (χ1n) is 6.02. The van der Waals surface area contributed by atoms with Crippen LogP contribution in [0.4, 0.5) is 0 Å². The lowest BCUT2D eigenvalue weighted by Crippen LogP contribution is -2.14. The van der Waals surface area contributed by atoms with Gasteiger partial charge in [-0.25, -0.2) is 0 Å². The van der Waals surface area contributed by atoms with E-state index in [4.69, 9.17) is 15.0 Å². The van der Waals surface area contributed by atoms with Crippen molar-refractivity contribution in [2.75, 3.05) is 6.61 Å². The van der Waals surface area contributed by atoms with Gasteiger partial charge in [0.05, 0.1) is 6.04 Å². The van der Waals surface area contributed by atoms with Crippen LogP contribution in [0.2, 0.25) is 0 Å². The van der Waals surface area contributed by atoms with Gasteiger partial charge in [-0.05, 0) is 25.7 Å². The van der Waals surface area contributed by atoms with Gasteiger partial charge in [0.1, 0.15) is 6.10 Å². The largest absolute Gasteiger partial charge is 0.368 e. The highest BCUT2D eigenvalue weighted by molar-refractivity contribution is 4.95. The molecular weight excluding hydrogens is 206 g/mol. The summed E-state index contributed by atoms with van der Waals surface area (Å²) >= 11 is 0. The van der Waals surface area contributed by atoms with Crippen molar-refractivity contribution in [1.29, 1.82) is 0 Å². The summed E-state index contributed by atoms with van der Waals surface area (Å²) in [7, 11) is 0. The zero-order valence-electron chi connectivity index (χ0n) is 9.69. The Bertz CT molecular complexity index is 321. The molecule has 1 aromatic heterocycles. The molecule has 0 aliphatic carbocycles. The van der Waals surface area contributed by atoms with Gasteiger partial charge in [0.2, 0.25) is 0 Å². The van der Waals surface area contributed by atoms with Crippen molar-refractivity contribution in [1.82, 2.24) is 10.1 Å². The molecule has 2 unspecified atom stereocenters. The van der Waals surface area contributed by atoms with Crippen molar-refractivity contribution in [2.45, 2.75) is 51.2 Å². The summed E-state index contributed by atoms with van der Waals surface area (Å²) in [5.41, 5.74) is 5.92. The van der Waals surface area contributed by atoms with Crippen LogP contribution in [-0.4, -0.2) is 16.7 Å². The molecule has 2 rings (SSSR count). The lowest BCUT2D eigenvalue weighted by Gasteiger charge is -2.18. The molecule has 90 valence electrons. The molecule has 1 fully saturated rings. The van der Waals surface area contributed by atoms with Crippen LogP contribution in [0, 0.1) is 0 Å². The van der Waals surface area contributed by atoms with Crippen molar-refractivity contribution in [3.05, 3.63) is 11.7 Å². The fourth-order valence-electron chi connectivity index (χ4n) is 1.90. The van der Waals surface area contributed by atoms with E-state index < -0.39 is 0 Å². The van der Waals surface area contributed by atoms with Gasteiger partial charge in [-0.3, -0.25) is 0 Å². The molecule has 1 aliphatic heterocycles. The summed E-state index contributed by atoms with van der Waals surface area (Å²) in [6.45, 7) is 2.87. The summed E-state index contributed by atoms with van der Waals surface area (Å²) in [4.78, 5) is 4.32. The van der Waals surface area contributed by atoms with E-state index in [0.29, 0.717) is 11.7 Å². The highest BCUT2D eigenvalue weighted by atomic mass is 16.5. The molecule has 0 spiro atoms. The third kappa shape index (κ3) is 2.59. The van der Waals surface area contributed by atoms with Crippen LogP contribution in [-0.2, 0) is 4.74 Å². The predicted octanol–water partition coefficient (Wildman–Crippen LogP) is 2.11. The molecule has 5 nitrogen and oxygen atoms in total. The van der Waals surface area contributed by atoms with E-state index in [0.717, 1.165) is 38.7 Å². The highest BCUT2D eigenvalue weighted by Crippen LogP contribution is 2.27. The van der Waals surface area contributed by atoms with Crippen LogP contribution >= 0.6 is 0 Å². The van der Waals surface area contributed by atoms with Crippen molar-refractivity contribution in [3.8, 4) is 0 Å². The quantitative estimate of drug-likeness (QED) is 0.849. The van der Waals surface area contributed by atoms with Gasteiger partial charge in [0.15, 0.2) is 5.82 Å². The summed E-state index contributed by atoms with van der Waals surface area (Å²) in [5.74, 6) is 1.19. The molecule has 2 heterocycles. The lowest BCUT2D eigenvalue weighted by atomic mass is 10.1. The number of nitrogens with zero attached hydrogens (tertiary/aromatic N) is 2. The first-order valence-corrected chi connectivity index (χ1v) is 6.02. The topological polar surface area (TPSA) is 74.2 Å². The van der Waals surface area contributed by atoms with Gasteiger partial charge in [0, 0.05) is 6.61 Å². The first kappa shape index (κ1) is 11.5. The molecule has 5 heteroatoms. The molecule has 0 amide bonds. The Morgan fingerprint density at radius 3 is 3.06 bits per heavy atom. The molecule has 2 N–H and O–H groups in total. The first-order chi connectivity index (χ1) is 7.81. The minimum absolute atomic E-state index is 0.0242. The maximum absolute atomic E-state index is 5.92. The monoisotopic (exact) mass is 225 g/mol. The molecule has 0 aromatic carbocycles. The number of hydrogen-bond donors (Lipinski definition) is 1. The smallest absolute Gasteiger partial charge is 0.255 e.